The molecule has 16 heavy (non-hydrogen) atoms. The Morgan fingerprint density at radius 1 is 1.31 bits per heavy atom. The maximum absolute atomic E-state index is 11.9. The van der Waals surface area contributed by atoms with Gasteiger partial charge in [0.15, 0.2) is 9.84 Å². The molecule has 5 heteroatoms. The zero-order chi connectivity index (χ0) is 11.9. The Kier molecular flexibility index (Phi) is 2.66. The molecule has 1 aromatic rings. The van der Waals surface area contributed by atoms with Crippen LogP contribution in [0.3, 0.4) is 0 Å². The first-order valence-corrected chi connectivity index (χ1v) is 6.96. The molecule has 1 heterocycles. The van der Waals surface area contributed by atoms with Crippen molar-refractivity contribution in [3.63, 3.8) is 0 Å². The lowest BCUT2D eigenvalue weighted by Crippen LogP contribution is -2.24. The van der Waals surface area contributed by atoms with E-state index in [-0.39, 0.29) is 4.90 Å². The Bertz CT molecular complexity index is 569. The van der Waals surface area contributed by atoms with Gasteiger partial charge in [-0.25, -0.2) is 8.42 Å². The number of aromatic nitrogens is 1. The molecule has 0 amide bonds. The van der Waals surface area contributed by atoms with Crippen LogP contribution >= 0.6 is 0 Å². The monoisotopic (exact) mass is 241 g/mol. The molecule has 1 N–H and O–H groups in total. The average molecular weight is 241 g/mol. The first-order chi connectivity index (χ1) is 7.43. The van der Waals surface area contributed by atoms with Crippen LogP contribution in [-0.4, -0.2) is 18.7 Å². The normalized spacial score (nSPS) is 15.4. The van der Waals surface area contributed by atoms with Crippen LogP contribution in [-0.2, 0) is 22.7 Å². The zero-order valence-corrected chi connectivity index (χ0v) is 10.2. The van der Waals surface area contributed by atoms with Crippen LogP contribution in [0.5, 0.6) is 0 Å². The number of aromatic amines is 1. The second kappa shape index (κ2) is 3.73. The molecule has 0 unspecified atom stereocenters. The first kappa shape index (κ1) is 11.4. The molecule has 2 rings (SSSR count). The highest BCUT2D eigenvalue weighted by atomic mass is 32.2. The van der Waals surface area contributed by atoms with Crippen LogP contribution in [0.4, 0.5) is 0 Å². The Morgan fingerprint density at radius 2 is 2.00 bits per heavy atom. The van der Waals surface area contributed by atoms with Gasteiger partial charge in [-0.15, -0.1) is 0 Å². The van der Waals surface area contributed by atoms with Gasteiger partial charge in [-0.3, -0.25) is 4.79 Å². The third-order valence-corrected chi connectivity index (χ3v) is 5.14. The minimum Gasteiger partial charge on any atom is -0.325 e. The molecule has 1 aliphatic rings. The van der Waals surface area contributed by atoms with Gasteiger partial charge in [0.1, 0.15) is 4.90 Å². The summed E-state index contributed by atoms with van der Waals surface area (Å²) >= 11 is 0. The smallest absolute Gasteiger partial charge is 0.266 e. The molecule has 0 spiro atoms. The van der Waals surface area contributed by atoms with Crippen molar-refractivity contribution in [3.05, 3.63) is 27.7 Å². The number of nitrogens with one attached hydrogen (secondary N) is 1. The number of hydrogen-bond acceptors (Lipinski definition) is 3. The Hall–Kier alpha value is -1.10. The molecule has 0 atom stereocenters. The van der Waals surface area contributed by atoms with E-state index in [4.69, 9.17) is 0 Å². The van der Waals surface area contributed by atoms with Crippen LogP contribution in [0.2, 0.25) is 0 Å². The van der Waals surface area contributed by atoms with E-state index >= 15 is 0 Å². The Morgan fingerprint density at radius 3 is 2.62 bits per heavy atom. The van der Waals surface area contributed by atoms with E-state index in [9.17, 15) is 13.2 Å². The number of fused-ring (bicyclic) bond motifs is 1. The van der Waals surface area contributed by atoms with E-state index in [0.717, 1.165) is 30.5 Å². The molecule has 0 saturated heterocycles. The van der Waals surface area contributed by atoms with E-state index in [2.05, 4.69) is 4.98 Å². The number of pyridine rings is 1. The molecule has 0 fully saturated rings. The van der Waals surface area contributed by atoms with Gasteiger partial charge in [-0.2, -0.15) is 0 Å². The summed E-state index contributed by atoms with van der Waals surface area (Å²) in [5, 5.41) is -0.562. The zero-order valence-electron chi connectivity index (χ0n) is 9.41. The summed E-state index contributed by atoms with van der Waals surface area (Å²) in [5.74, 6) is 0. The van der Waals surface area contributed by atoms with E-state index in [0.29, 0.717) is 0 Å². The van der Waals surface area contributed by atoms with E-state index in [1.807, 2.05) is 0 Å². The fourth-order valence-corrected chi connectivity index (χ4v) is 3.08. The summed E-state index contributed by atoms with van der Waals surface area (Å²) in [7, 11) is -3.47. The highest BCUT2D eigenvalue weighted by Crippen LogP contribution is 2.21. The number of hydrogen-bond donors (Lipinski definition) is 1. The van der Waals surface area contributed by atoms with Crippen LogP contribution in [0.25, 0.3) is 0 Å². The van der Waals surface area contributed by atoms with Gasteiger partial charge in [0, 0.05) is 5.69 Å². The number of sulfone groups is 1. The fraction of sp³-hybridized carbons (Fsp3) is 0.545. The largest absolute Gasteiger partial charge is 0.325 e. The SMILES string of the molecule is CC(C)S(=O)(=O)c1cc2c([nH]c1=O)CCC2. The topological polar surface area (TPSA) is 67.0 Å². The van der Waals surface area contributed by atoms with Crippen molar-refractivity contribution in [1.82, 2.24) is 4.98 Å². The van der Waals surface area contributed by atoms with Gasteiger partial charge in [-0.1, -0.05) is 0 Å². The van der Waals surface area contributed by atoms with Crippen molar-refractivity contribution in [3.8, 4) is 0 Å². The average Bonchev–Trinajstić information content (AvgIpc) is 2.62. The van der Waals surface area contributed by atoms with Gasteiger partial charge in [-0.05, 0) is 44.7 Å². The van der Waals surface area contributed by atoms with Gasteiger partial charge in [0.25, 0.3) is 5.56 Å². The maximum atomic E-state index is 11.9. The second-order valence-electron chi connectivity index (χ2n) is 4.41. The Balaban J connectivity index is 2.64. The number of H-pyrrole nitrogens is 1. The lowest BCUT2D eigenvalue weighted by molar-refractivity contribution is 0.585. The minimum absolute atomic E-state index is 0.0804. The van der Waals surface area contributed by atoms with Gasteiger partial charge in [0.05, 0.1) is 5.25 Å². The van der Waals surface area contributed by atoms with Crippen LogP contribution in [0.1, 0.15) is 31.5 Å². The lowest BCUT2D eigenvalue weighted by Gasteiger charge is -2.08. The van der Waals surface area contributed by atoms with E-state index in [1.165, 1.54) is 0 Å². The van der Waals surface area contributed by atoms with E-state index < -0.39 is 20.6 Å². The summed E-state index contributed by atoms with van der Waals surface area (Å²) in [6, 6.07) is 1.55. The van der Waals surface area contributed by atoms with Gasteiger partial charge < -0.3 is 4.98 Å². The van der Waals surface area contributed by atoms with Crippen molar-refractivity contribution in [1.29, 1.82) is 0 Å². The predicted molar refractivity (Wildman–Crippen MR) is 61.4 cm³/mol. The highest BCUT2D eigenvalue weighted by Gasteiger charge is 2.25. The summed E-state index contributed by atoms with van der Waals surface area (Å²) in [5.41, 5.74) is 1.39. The molecule has 0 aromatic carbocycles. The standard InChI is InChI=1S/C11H15NO3S/c1-7(2)16(14,15)10-6-8-4-3-5-9(8)12-11(10)13/h6-7H,3-5H2,1-2H3,(H,12,13). The maximum Gasteiger partial charge on any atom is 0.266 e. The molecule has 4 nitrogen and oxygen atoms in total. The predicted octanol–water partition coefficient (Wildman–Crippen LogP) is 1.05. The van der Waals surface area contributed by atoms with Gasteiger partial charge in [0.2, 0.25) is 0 Å². The lowest BCUT2D eigenvalue weighted by atomic mass is 10.2. The van der Waals surface area contributed by atoms with Crippen molar-refractivity contribution in [2.24, 2.45) is 0 Å². The van der Waals surface area contributed by atoms with E-state index in [1.54, 1.807) is 19.9 Å². The Labute approximate surface area is 94.6 Å². The second-order valence-corrected chi connectivity index (χ2v) is 6.89. The molecule has 0 radical (unpaired) electrons. The third-order valence-electron chi connectivity index (χ3n) is 2.98. The highest BCUT2D eigenvalue weighted by molar-refractivity contribution is 7.92. The van der Waals surface area contributed by atoms with Crippen molar-refractivity contribution in [2.45, 2.75) is 43.3 Å². The third kappa shape index (κ3) is 1.69. The van der Waals surface area contributed by atoms with Crippen LogP contribution in [0.15, 0.2) is 15.8 Å². The number of aryl methyl sites for hydroxylation is 2. The number of rotatable bonds is 2. The molecule has 1 aromatic heterocycles. The molecule has 0 saturated carbocycles. The minimum atomic E-state index is -3.47. The fourth-order valence-electron chi connectivity index (χ4n) is 1.96. The van der Waals surface area contributed by atoms with Crippen molar-refractivity contribution < 1.29 is 8.42 Å². The van der Waals surface area contributed by atoms with Crippen LogP contribution < -0.4 is 5.56 Å². The van der Waals surface area contributed by atoms with Crippen molar-refractivity contribution in [2.75, 3.05) is 0 Å². The summed E-state index contributed by atoms with van der Waals surface area (Å²) in [6.45, 7) is 3.17. The van der Waals surface area contributed by atoms with Crippen LogP contribution in [0, 0.1) is 0 Å². The molecular weight excluding hydrogens is 226 g/mol. The van der Waals surface area contributed by atoms with Gasteiger partial charge >= 0.3 is 0 Å². The molecule has 0 aliphatic heterocycles. The summed E-state index contributed by atoms with van der Waals surface area (Å²) in [6.07, 6.45) is 2.68. The van der Waals surface area contributed by atoms with Crippen molar-refractivity contribution >= 4 is 9.84 Å². The first-order valence-electron chi connectivity index (χ1n) is 5.42. The molecular formula is C11H15NO3S. The molecule has 1 aliphatic carbocycles. The summed E-state index contributed by atoms with van der Waals surface area (Å²) in [4.78, 5) is 14.3. The molecule has 0 bridgehead atoms. The molecule has 88 valence electrons. The quantitative estimate of drug-likeness (QED) is 0.841. The summed E-state index contributed by atoms with van der Waals surface area (Å²) < 4.78 is 23.9.